The zero-order chi connectivity index (χ0) is 13.0. The van der Waals surface area contributed by atoms with E-state index in [1.807, 2.05) is 25.1 Å². The van der Waals surface area contributed by atoms with Crippen LogP contribution < -0.4 is 10.1 Å². The van der Waals surface area contributed by atoms with Gasteiger partial charge in [-0.25, -0.2) is 4.98 Å². The van der Waals surface area contributed by atoms with E-state index in [4.69, 9.17) is 4.74 Å². The Hall–Kier alpha value is -2.10. The van der Waals surface area contributed by atoms with Gasteiger partial charge < -0.3 is 10.1 Å². The molecule has 0 unspecified atom stereocenters. The van der Waals surface area contributed by atoms with Crippen molar-refractivity contribution in [2.45, 2.75) is 13.5 Å². The van der Waals surface area contributed by atoms with Gasteiger partial charge in [0.1, 0.15) is 11.6 Å². The molecule has 0 aliphatic heterocycles. The second kappa shape index (κ2) is 5.49. The number of aromatic nitrogens is 1. The molecule has 4 heteroatoms. The molecular formula is C14H15FN2O. The zero-order valence-electron chi connectivity index (χ0n) is 10.4. The van der Waals surface area contributed by atoms with Crippen LogP contribution in [0.2, 0.25) is 0 Å². The summed E-state index contributed by atoms with van der Waals surface area (Å²) in [5, 5.41) is 3.07. The van der Waals surface area contributed by atoms with Gasteiger partial charge in [0, 0.05) is 12.1 Å². The van der Waals surface area contributed by atoms with Crippen LogP contribution in [0.3, 0.4) is 0 Å². The minimum Gasteiger partial charge on any atom is -0.496 e. The monoisotopic (exact) mass is 246 g/mol. The van der Waals surface area contributed by atoms with Crippen LogP contribution >= 0.6 is 0 Å². The fraction of sp³-hybridized carbons (Fsp3) is 0.214. The summed E-state index contributed by atoms with van der Waals surface area (Å²) in [4.78, 5) is 3.75. The Balaban J connectivity index is 2.12. The number of aryl methyl sites for hydroxylation is 1. The molecule has 1 heterocycles. The molecule has 0 fully saturated rings. The first kappa shape index (κ1) is 12.4. The second-order valence-corrected chi connectivity index (χ2v) is 4.01. The Bertz CT molecular complexity index is 543. The number of rotatable bonds is 4. The van der Waals surface area contributed by atoms with Gasteiger partial charge in [-0.15, -0.1) is 0 Å². The number of nitrogens with one attached hydrogen (secondary N) is 1. The number of nitrogens with zero attached hydrogens (tertiary/aromatic N) is 1. The third kappa shape index (κ3) is 2.97. The molecule has 0 spiro atoms. The molecule has 2 rings (SSSR count). The van der Waals surface area contributed by atoms with Crippen LogP contribution in [-0.2, 0) is 6.54 Å². The smallest absolute Gasteiger partial charge is 0.214 e. The van der Waals surface area contributed by atoms with Crippen molar-refractivity contribution >= 4 is 5.82 Å². The first-order chi connectivity index (χ1) is 8.69. The molecule has 2 aromatic rings. The molecule has 0 bridgehead atoms. The van der Waals surface area contributed by atoms with E-state index >= 15 is 0 Å². The minimum atomic E-state index is -0.490. The average Bonchev–Trinajstić information content (AvgIpc) is 2.37. The number of methoxy groups -OCH3 is 1. The standard InChI is InChI=1S/C14H15FN2O/c1-10-6-7-12(18-2)11(8-10)9-16-14-5-3-4-13(15)17-14/h3-8H,9H2,1-2H3,(H,16,17). The fourth-order valence-electron chi connectivity index (χ4n) is 1.74. The molecular weight excluding hydrogens is 231 g/mol. The van der Waals surface area contributed by atoms with Crippen molar-refractivity contribution in [1.82, 2.24) is 4.98 Å². The minimum absolute atomic E-state index is 0.490. The highest BCUT2D eigenvalue weighted by molar-refractivity contribution is 5.41. The average molecular weight is 246 g/mol. The maximum Gasteiger partial charge on any atom is 0.214 e. The largest absolute Gasteiger partial charge is 0.496 e. The van der Waals surface area contributed by atoms with Crippen molar-refractivity contribution in [3.8, 4) is 5.75 Å². The highest BCUT2D eigenvalue weighted by Gasteiger charge is 2.03. The second-order valence-electron chi connectivity index (χ2n) is 4.01. The summed E-state index contributed by atoms with van der Waals surface area (Å²) in [5.41, 5.74) is 2.17. The molecule has 18 heavy (non-hydrogen) atoms. The molecule has 94 valence electrons. The SMILES string of the molecule is COc1ccc(C)cc1CNc1cccc(F)n1. The third-order valence-electron chi connectivity index (χ3n) is 2.61. The van der Waals surface area contributed by atoms with Crippen molar-refractivity contribution < 1.29 is 9.13 Å². The summed E-state index contributed by atoms with van der Waals surface area (Å²) in [6.07, 6.45) is 0. The van der Waals surface area contributed by atoms with E-state index < -0.39 is 5.95 Å². The van der Waals surface area contributed by atoms with Gasteiger partial charge in [0.05, 0.1) is 7.11 Å². The van der Waals surface area contributed by atoms with Crippen molar-refractivity contribution in [3.63, 3.8) is 0 Å². The van der Waals surface area contributed by atoms with Crippen molar-refractivity contribution in [2.75, 3.05) is 12.4 Å². The Morgan fingerprint density at radius 3 is 2.83 bits per heavy atom. The molecule has 3 nitrogen and oxygen atoms in total. The van der Waals surface area contributed by atoms with E-state index in [1.165, 1.54) is 6.07 Å². The molecule has 0 atom stereocenters. The lowest BCUT2D eigenvalue weighted by Gasteiger charge is -2.11. The molecule has 1 N–H and O–H groups in total. The number of halogens is 1. The van der Waals surface area contributed by atoms with Crippen LogP contribution in [0.15, 0.2) is 36.4 Å². The first-order valence-electron chi connectivity index (χ1n) is 5.69. The van der Waals surface area contributed by atoms with E-state index in [2.05, 4.69) is 10.3 Å². The Labute approximate surface area is 106 Å². The lowest BCUT2D eigenvalue weighted by atomic mass is 10.1. The van der Waals surface area contributed by atoms with Crippen LogP contribution in [0.1, 0.15) is 11.1 Å². The molecule has 1 aromatic carbocycles. The molecule has 1 aromatic heterocycles. The summed E-state index contributed by atoms with van der Waals surface area (Å²) in [5.74, 6) is 0.833. The Kier molecular flexibility index (Phi) is 3.77. The van der Waals surface area contributed by atoms with Crippen molar-refractivity contribution in [2.24, 2.45) is 0 Å². The normalized spacial score (nSPS) is 10.2. The third-order valence-corrected chi connectivity index (χ3v) is 2.61. The van der Waals surface area contributed by atoms with Gasteiger partial charge in [0.2, 0.25) is 5.95 Å². The van der Waals surface area contributed by atoms with Crippen LogP contribution in [0, 0.1) is 12.9 Å². The van der Waals surface area contributed by atoms with Gasteiger partial charge >= 0.3 is 0 Å². The lowest BCUT2D eigenvalue weighted by Crippen LogP contribution is -2.04. The summed E-state index contributed by atoms with van der Waals surface area (Å²) in [6, 6.07) is 10.6. The fourth-order valence-corrected chi connectivity index (χ4v) is 1.74. The molecule has 0 saturated heterocycles. The first-order valence-corrected chi connectivity index (χ1v) is 5.69. The van der Waals surface area contributed by atoms with Crippen LogP contribution in [0.25, 0.3) is 0 Å². The topological polar surface area (TPSA) is 34.1 Å². The predicted molar refractivity (Wildman–Crippen MR) is 69.3 cm³/mol. The number of ether oxygens (including phenoxy) is 1. The highest BCUT2D eigenvalue weighted by atomic mass is 19.1. The number of hydrogen-bond acceptors (Lipinski definition) is 3. The summed E-state index contributed by atoms with van der Waals surface area (Å²) in [7, 11) is 1.63. The van der Waals surface area contributed by atoms with Crippen LogP contribution in [0.4, 0.5) is 10.2 Å². The maximum atomic E-state index is 12.9. The molecule has 0 saturated carbocycles. The van der Waals surface area contributed by atoms with E-state index in [-0.39, 0.29) is 0 Å². The van der Waals surface area contributed by atoms with Gasteiger partial charge in [0.25, 0.3) is 0 Å². The van der Waals surface area contributed by atoms with Crippen LogP contribution in [-0.4, -0.2) is 12.1 Å². The number of hydrogen-bond donors (Lipinski definition) is 1. The van der Waals surface area contributed by atoms with E-state index in [9.17, 15) is 4.39 Å². The molecule has 0 aliphatic carbocycles. The highest BCUT2D eigenvalue weighted by Crippen LogP contribution is 2.20. The number of anilines is 1. The maximum absolute atomic E-state index is 12.9. The van der Waals surface area contributed by atoms with Gasteiger partial charge in [-0.3, -0.25) is 0 Å². The van der Waals surface area contributed by atoms with Gasteiger partial charge in [-0.05, 0) is 25.1 Å². The summed E-state index contributed by atoms with van der Waals surface area (Å²) < 4.78 is 18.2. The van der Waals surface area contributed by atoms with E-state index in [0.717, 1.165) is 16.9 Å². The van der Waals surface area contributed by atoms with E-state index in [0.29, 0.717) is 12.4 Å². The lowest BCUT2D eigenvalue weighted by molar-refractivity contribution is 0.410. The van der Waals surface area contributed by atoms with E-state index in [1.54, 1.807) is 19.2 Å². The number of benzene rings is 1. The van der Waals surface area contributed by atoms with Crippen molar-refractivity contribution in [1.29, 1.82) is 0 Å². The molecule has 0 amide bonds. The Morgan fingerprint density at radius 1 is 1.28 bits per heavy atom. The van der Waals surface area contributed by atoms with Crippen molar-refractivity contribution in [3.05, 3.63) is 53.5 Å². The predicted octanol–water partition coefficient (Wildman–Crippen LogP) is 3.15. The van der Waals surface area contributed by atoms with Gasteiger partial charge in [-0.1, -0.05) is 23.8 Å². The summed E-state index contributed by atoms with van der Waals surface area (Å²) in [6.45, 7) is 2.56. The quantitative estimate of drug-likeness (QED) is 0.841. The summed E-state index contributed by atoms with van der Waals surface area (Å²) >= 11 is 0. The van der Waals surface area contributed by atoms with Crippen LogP contribution in [0.5, 0.6) is 5.75 Å². The Morgan fingerprint density at radius 2 is 2.11 bits per heavy atom. The molecule has 0 aliphatic rings. The zero-order valence-corrected chi connectivity index (χ0v) is 10.4. The molecule has 0 radical (unpaired) electrons. The number of pyridine rings is 1. The van der Waals surface area contributed by atoms with Gasteiger partial charge in [0.15, 0.2) is 0 Å². The van der Waals surface area contributed by atoms with Gasteiger partial charge in [-0.2, -0.15) is 4.39 Å².